The summed E-state index contributed by atoms with van der Waals surface area (Å²) >= 11 is 0. The number of hydrogen-bond acceptors (Lipinski definition) is 6. The number of anilines is 1. The molecule has 3 aromatic heterocycles. The van der Waals surface area contributed by atoms with E-state index in [-0.39, 0.29) is 6.04 Å². The second-order valence-corrected chi connectivity index (χ2v) is 6.27. The van der Waals surface area contributed by atoms with E-state index in [2.05, 4.69) is 39.3 Å². The topological polar surface area (TPSA) is 90.0 Å². The van der Waals surface area contributed by atoms with Crippen LogP contribution in [0.2, 0.25) is 0 Å². The molecule has 0 saturated heterocycles. The Labute approximate surface area is 140 Å². The highest BCUT2D eigenvalue weighted by molar-refractivity contribution is 5.99. The van der Waals surface area contributed by atoms with Crippen LogP contribution >= 0.6 is 0 Å². The predicted molar refractivity (Wildman–Crippen MR) is 94.5 cm³/mol. The van der Waals surface area contributed by atoms with Gasteiger partial charge in [-0.1, -0.05) is 0 Å². The molecule has 0 aliphatic heterocycles. The molecule has 7 nitrogen and oxygen atoms in total. The number of aliphatic hydroxyl groups is 1. The lowest BCUT2D eigenvalue weighted by atomic mass is 10.1. The Kier molecular flexibility index (Phi) is 4.46. The standard InChI is InChI=1S/C17H22N6O/c1-10(2)20-16-14-12(6-8-19-16)21-22-15(14)13-9-11(5-7-18-13)17(24)23(3)4/h5-10,17,24H,1-4H3,(H,19,20)(H,21,22). The zero-order chi connectivity index (χ0) is 17.3. The number of rotatable bonds is 5. The Hall–Kier alpha value is -2.51. The first-order valence-corrected chi connectivity index (χ1v) is 7.88. The largest absolute Gasteiger partial charge is 0.374 e. The molecule has 0 aliphatic rings. The Bertz CT molecular complexity index is 842. The zero-order valence-electron chi connectivity index (χ0n) is 14.3. The van der Waals surface area contributed by atoms with Gasteiger partial charge in [0.1, 0.15) is 17.7 Å². The van der Waals surface area contributed by atoms with Crippen molar-refractivity contribution in [3.05, 3.63) is 36.2 Å². The molecule has 3 heterocycles. The summed E-state index contributed by atoms with van der Waals surface area (Å²) in [5, 5.41) is 21.9. The molecular weight excluding hydrogens is 304 g/mol. The van der Waals surface area contributed by atoms with E-state index in [0.29, 0.717) is 11.4 Å². The summed E-state index contributed by atoms with van der Waals surface area (Å²) in [5.74, 6) is 0.770. The maximum Gasteiger partial charge on any atom is 0.137 e. The molecule has 0 fully saturated rings. The van der Waals surface area contributed by atoms with Gasteiger partial charge in [-0.3, -0.25) is 15.0 Å². The van der Waals surface area contributed by atoms with Crippen molar-refractivity contribution in [3.63, 3.8) is 0 Å². The van der Waals surface area contributed by atoms with Gasteiger partial charge in [-0.25, -0.2) is 4.98 Å². The molecule has 3 aromatic rings. The van der Waals surface area contributed by atoms with Gasteiger partial charge < -0.3 is 10.4 Å². The second-order valence-electron chi connectivity index (χ2n) is 6.27. The van der Waals surface area contributed by atoms with E-state index in [1.165, 1.54) is 0 Å². The smallest absolute Gasteiger partial charge is 0.137 e. The molecule has 0 saturated carbocycles. The molecule has 3 rings (SSSR count). The molecule has 0 aliphatic carbocycles. The van der Waals surface area contributed by atoms with Gasteiger partial charge in [-0.15, -0.1) is 0 Å². The Balaban J connectivity index is 2.11. The van der Waals surface area contributed by atoms with Gasteiger partial charge in [0, 0.05) is 18.4 Å². The molecule has 126 valence electrons. The Morgan fingerprint density at radius 1 is 1.17 bits per heavy atom. The summed E-state index contributed by atoms with van der Waals surface area (Å²) in [6.45, 7) is 4.12. The molecule has 0 radical (unpaired) electrons. The second kappa shape index (κ2) is 6.54. The lowest BCUT2D eigenvalue weighted by Gasteiger charge is -2.18. The van der Waals surface area contributed by atoms with Crippen molar-refractivity contribution in [2.75, 3.05) is 19.4 Å². The minimum absolute atomic E-state index is 0.251. The van der Waals surface area contributed by atoms with Crippen LogP contribution in [-0.2, 0) is 0 Å². The third-order valence-electron chi connectivity index (χ3n) is 3.72. The number of hydrogen-bond donors (Lipinski definition) is 3. The SMILES string of the molecule is CC(C)Nc1nccc2[nH]nc(-c3cc(C(O)N(C)C)ccn3)c12. The van der Waals surface area contributed by atoms with Crippen LogP contribution in [-0.4, -0.2) is 50.3 Å². The highest BCUT2D eigenvalue weighted by atomic mass is 16.3. The van der Waals surface area contributed by atoms with E-state index in [9.17, 15) is 5.11 Å². The summed E-state index contributed by atoms with van der Waals surface area (Å²) in [6, 6.07) is 5.79. The van der Waals surface area contributed by atoms with E-state index in [1.807, 2.05) is 26.2 Å². The number of nitrogens with one attached hydrogen (secondary N) is 2. The summed E-state index contributed by atoms with van der Waals surface area (Å²) < 4.78 is 0. The fourth-order valence-corrected chi connectivity index (χ4v) is 2.57. The number of fused-ring (bicyclic) bond motifs is 1. The Morgan fingerprint density at radius 2 is 1.92 bits per heavy atom. The van der Waals surface area contributed by atoms with Crippen LogP contribution in [0.5, 0.6) is 0 Å². The third-order valence-corrected chi connectivity index (χ3v) is 3.72. The maximum atomic E-state index is 10.3. The molecule has 0 aromatic carbocycles. The molecule has 1 atom stereocenters. The zero-order valence-corrected chi connectivity index (χ0v) is 14.3. The summed E-state index contributed by atoms with van der Waals surface area (Å²) in [4.78, 5) is 10.6. The van der Waals surface area contributed by atoms with Crippen LogP contribution in [0.15, 0.2) is 30.6 Å². The average Bonchev–Trinajstić information content (AvgIpc) is 2.99. The van der Waals surface area contributed by atoms with Crippen molar-refractivity contribution in [2.45, 2.75) is 26.1 Å². The van der Waals surface area contributed by atoms with Crippen LogP contribution in [0.1, 0.15) is 25.6 Å². The number of pyridine rings is 2. The fraction of sp³-hybridized carbons (Fsp3) is 0.353. The highest BCUT2D eigenvalue weighted by Gasteiger charge is 2.17. The molecule has 1 unspecified atom stereocenters. The lowest BCUT2D eigenvalue weighted by Crippen LogP contribution is -2.19. The predicted octanol–water partition coefficient (Wildman–Crippen LogP) is 2.39. The van der Waals surface area contributed by atoms with Gasteiger partial charge in [0.15, 0.2) is 0 Å². The van der Waals surface area contributed by atoms with Gasteiger partial charge in [0.05, 0.1) is 16.6 Å². The van der Waals surface area contributed by atoms with Crippen molar-refractivity contribution >= 4 is 16.7 Å². The summed E-state index contributed by atoms with van der Waals surface area (Å²) in [7, 11) is 3.65. The van der Waals surface area contributed by atoms with E-state index < -0.39 is 6.23 Å². The van der Waals surface area contributed by atoms with Crippen LogP contribution in [0.25, 0.3) is 22.3 Å². The van der Waals surface area contributed by atoms with Crippen molar-refractivity contribution in [2.24, 2.45) is 0 Å². The average molecular weight is 326 g/mol. The quantitative estimate of drug-likeness (QED) is 0.624. The molecule has 7 heteroatoms. The first-order chi connectivity index (χ1) is 11.5. The van der Waals surface area contributed by atoms with E-state index in [4.69, 9.17) is 0 Å². The molecule has 24 heavy (non-hydrogen) atoms. The first-order valence-electron chi connectivity index (χ1n) is 7.88. The van der Waals surface area contributed by atoms with Crippen LogP contribution < -0.4 is 5.32 Å². The van der Waals surface area contributed by atoms with Crippen molar-refractivity contribution in [1.82, 2.24) is 25.1 Å². The molecule has 0 amide bonds. The lowest BCUT2D eigenvalue weighted by molar-refractivity contribution is 0.0395. The van der Waals surface area contributed by atoms with Crippen LogP contribution in [0, 0.1) is 0 Å². The van der Waals surface area contributed by atoms with Gasteiger partial charge >= 0.3 is 0 Å². The summed E-state index contributed by atoms with van der Waals surface area (Å²) in [6.07, 6.45) is 2.74. The van der Waals surface area contributed by atoms with Gasteiger partial charge in [-0.2, -0.15) is 5.10 Å². The molecule has 0 bridgehead atoms. The van der Waals surface area contributed by atoms with Crippen LogP contribution in [0.4, 0.5) is 5.82 Å². The number of nitrogens with zero attached hydrogens (tertiary/aromatic N) is 4. The summed E-state index contributed by atoms with van der Waals surface area (Å²) in [5.41, 5.74) is 3.07. The number of aromatic amines is 1. The highest BCUT2D eigenvalue weighted by Crippen LogP contribution is 2.31. The minimum atomic E-state index is -0.691. The fourth-order valence-electron chi connectivity index (χ4n) is 2.57. The van der Waals surface area contributed by atoms with E-state index in [0.717, 1.165) is 22.3 Å². The Morgan fingerprint density at radius 3 is 2.62 bits per heavy atom. The molecular formula is C17H22N6O. The molecule has 3 N–H and O–H groups in total. The number of aromatic nitrogens is 4. The van der Waals surface area contributed by atoms with Crippen molar-refractivity contribution < 1.29 is 5.11 Å². The molecule has 0 spiro atoms. The van der Waals surface area contributed by atoms with Gasteiger partial charge in [0.25, 0.3) is 0 Å². The first kappa shape index (κ1) is 16.4. The van der Waals surface area contributed by atoms with E-state index in [1.54, 1.807) is 23.4 Å². The maximum absolute atomic E-state index is 10.3. The van der Waals surface area contributed by atoms with Crippen molar-refractivity contribution in [1.29, 1.82) is 0 Å². The van der Waals surface area contributed by atoms with Gasteiger partial charge in [-0.05, 0) is 51.7 Å². The third kappa shape index (κ3) is 3.08. The minimum Gasteiger partial charge on any atom is -0.374 e. The number of H-pyrrole nitrogens is 1. The van der Waals surface area contributed by atoms with E-state index >= 15 is 0 Å². The van der Waals surface area contributed by atoms with Crippen molar-refractivity contribution in [3.8, 4) is 11.4 Å². The van der Waals surface area contributed by atoms with Gasteiger partial charge in [0.2, 0.25) is 0 Å². The van der Waals surface area contributed by atoms with Crippen LogP contribution in [0.3, 0.4) is 0 Å². The monoisotopic (exact) mass is 326 g/mol. The normalized spacial score (nSPS) is 13.0. The number of aliphatic hydroxyl groups excluding tert-OH is 1.